The van der Waals surface area contributed by atoms with Gasteiger partial charge in [-0.05, 0) is 81.2 Å². The molecule has 2 aromatic rings. The number of carbonyl (C=O) groups excluding carboxylic acids is 1. The van der Waals surface area contributed by atoms with Crippen LogP contribution in [0.2, 0.25) is 0 Å². The average molecular weight is 429 g/mol. The number of methoxy groups -OCH3 is 2. The summed E-state index contributed by atoms with van der Waals surface area (Å²) in [6.45, 7) is 7.09. The Kier molecular flexibility index (Phi) is 7.56. The third kappa shape index (κ3) is 5.43. The number of rotatable bonds is 9. The minimum absolute atomic E-state index is 0.115. The summed E-state index contributed by atoms with van der Waals surface area (Å²) < 4.78 is 10.8. The second-order valence-electron chi connectivity index (χ2n) is 7.83. The SMILES string of the molecule is COc1cc2c(cc1OC)CC(=O)N(CCCN(C)CCc1cc(C)sc1C)C=C2. The zero-order chi connectivity index (χ0) is 21.7. The molecule has 30 heavy (non-hydrogen) atoms. The number of carbonyl (C=O) groups is 1. The van der Waals surface area contributed by atoms with Crippen LogP contribution < -0.4 is 9.47 Å². The molecule has 6 heteroatoms. The Morgan fingerprint density at radius 3 is 2.50 bits per heavy atom. The second-order valence-corrected chi connectivity index (χ2v) is 9.29. The molecular formula is C24H32N2O3S. The monoisotopic (exact) mass is 428 g/mol. The van der Waals surface area contributed by atoms with E-state index >= 15 is 0 Å². The Bertz CT molecular complexity index is 919. The van der Waals surface area contributed by atoms with Gasteiger partial charge in [0.15, 0.2) is 11.5 Å². The van der Waals surface area contributed by atoms with Gasteiger partial charge in [0.2, 0.25) is 5.91 Å². The number of fused-ring (bicyclic) bond motifs is 1. The summed E-state index contributed by atoms with van der Waals surface area (Å²) in [6.07, 6.45) is 6.28. The minimum Gasteiger partial charge on any atom is -0.493 e. The van der Waals surface area contributed by atoms with Gasteiger partial charge in [-0.3, -0.25) is 4.79 Å². The van der Waals surface area contributed by atoms with E-state index in [1.807, 2.05) is 40.6 Å². The Labute approximate surface area is 183 Å². The predicted octanol–water partition coefficient (Wildman–Crippen LogP) is 4.30. The van der Waals surface area contributed by atoms with E-state index in [0.717, 1.165) is 43.6 Å². The van der Waals surface area contributed by atoms with Crippen molar-refractivity contribution in [1.29, 1.82) is 0 Å². The van der Waals surface area contributed by atoms with Crippen molar-refractivity contribution in [2.75, 3.05) is 40.9 Å². The van der Waals surface area contributed by atoms with Crippen LogP contribution in [-0.2, 0) is 17.6 Å². The smallest absolute Gasteiger partial charge is 0.230 e. The molecule has 0 aliphatic carbocycles. The van der Waals surface area contributed by atoms with Crippen molar-refractivity contribution in [1.82, 2.24) is 9.80 Å². The lowest BCUT2D eigenvalue weighted by Crippen LogP contribution is -2.30. The van der Waals surface area contributed by atoms with Crippen molar-refractivity contribution in [2.45, 2.75) is 33.1 Å². The van der Waals surface area contributed by atoms with Gasteiger partial charge in [-0.25, -0.2) is 0 Å². The number of ether oxygens (including phenoxy) is 2. The highest BCUT2D eigenvalue weighted by Gasteiger charge is 2.19. The van der Waals surface area contributed by atoms with Gasteiger partial charge in [0.25, 0.3) is 0 Å². The number of aryl methyl sites for hydroxylation is 2. The molecule has 3 rings (SSSR count). The first-order valence-corrected chi connectivity index (χ1v) is 11.2. The molecule has 0 fully saturated rings. The van der Waals surface area contributed by atoms with E-state index in [1.165, 1.54) is 15.3 Å². The van der Waals surface area contributed by atoms with Crippen molar-refractivity contribution in [3.05, 3.63) is 50.8 Å². The normalized spacial score (nSPS) is 13.5. The van der Waals surface area contributed by atoms with E-state index in [4.69, 9.17) is 9.47 Å². The van der Waals surface area contributed by atoms with E-state index in [0.29, 0.717) is 17.9 Å². The summed E-state index contributed by atoms with van der Waals surface area (Å²) in [5.41, 5.74) is 3.43. The van der Waals surface area contributed by atoms with E-state index in [1.54, 1.807) is 14.2 Å². The molecule has 0 N–H and O–H groups in total. The van der Waals surface area contributed by atoms with Crippen molar-refractivity contribution in [2.24, 2.45) is 0 Å². The number of benzene rings is 1. The molecule has 0 spiro atoms. The predicted molar refractivity (Wildman–Crippen MR) is 124 cm³/mol. The maximum atomic E-state index is 12.7. The largest absolute Gasteiger partial charge is 0.493 e. The number of likely N-dealkylation sites (N-methyl/N-ethyl adjacent to an activating group) is 1. The Balaban J connectivity index is 1.52. The first-order chi connectivity index (χ1) is 14.4. The van der Waals surface area contributed by atoms with Gasteiger partial charge in [-0.1, -0.05) is 0 Å². The van der Waals surface area contributed by atoms with E-state index < -0.39 is 0 Å². The summed E-state index contributed by atoms with van der Waals surface area (Å²) in [5.74, 6) is 1.45. The molecule has 0 unspecified atom stereocenters. The van der Waals surface area contributed by atoms with Gasteiger partial charge >= 0.3 is 0 Å². The minimum atomic E-state index is 0.115. The van der Waals surface area contributed by atoms with Crippen LogP contribution in [0.5, 0.6) is 11.5 Å². The molecule has 1 aromatic heterocycles. The Morgan fingerprint density at radius 2 is 1.83 bits per heavy atom. The van der Waals surface area contributed by atoms with Crippen molar-refractivity contribution < 1.29 is 14.3 Å². The van der Waals surface area contributed by atoms with Gasteiger partial charge in [0.1, 0.15) is 0 Å². The topological polar surface area (TPSA) is 42.0 Å². The number of amides is 1. The summed E-state index contributed by atoms with van der Waals surface area (Å²) in [7, 11) is 5.39. The molecule has 1 aliphatic heterocycles. The molecule has 0 atom stereocenters. The number of hydrogen-bond donors (Lipinski definition) is 0. The highest BCUT2D eigenvalue weighted by Crippen LogP contribution is 2.32. The molecule has 1 amide bonds. The third-order valence-corrected chi connectivity index (χ3v) is 6.60. The van der Waals surface area contributed by atoms with Gasteiger partial charge in [0.05, 0.1) is 20.6 Å². The van der Waals surface area contributed by atoms with Crippen molar-refractivity contribution >= 4 is 23.3 Å². The highest BCUT2D eigenvalue weighted by atomic mass is 32.1. The van der Waals surface area contributed by atoms with Gasteiger partial charge in [-0.2, -0.15) is 0 Å². The van der Waals surface area contributed by atoms with E-state index in [9.17, 15) is 4.79 Å². The van der Waals surface area contributed by atoms with Crippen molar-refractivity contribution in [3.8, 4) is 11.5 Å². The van der Waals surface area contributed by atoms with E-state index in [2.05, 4.69) is 31.9 Å². The Morgan fingerprint density at radius 1 is 1.10 bits per heavy atom. The molecule has 0 saturated heterocycles. The summed E-state index contributed by atoms with van der Waals surface area (Å²) in [6, 6.07) is 6.14. The number of thiophene rings is 1. The third-order valence-electron chi connectivity index (χ3n) is 5.59. The van der Waals surface area contributed by atoms with Crippen LogP contribution in [0.15, 0.2) is 24.4 Å². The molecule has 0 bridgehead atoms. The summed E-state index contributed by atoms with van der Waals surface area (Å²) >= 11 is 1.87. The summed E-state index contributed by atoms with van der Waals surface area (Å²) in [5, 5.41) is 0. The van der Waals surface area contributed by atoms with Crippen LogP contribution in [0.3, 0.4) is 0 Å². The fraction of sp³-hybridized carbons (Fsp3) is 0.458. The van der Waals surface area contributed by atoms with Crippen LogP contribution in [0.4, 0.5) is 0 Å². The zero-order valence-electron chi connectivity index (χ0n) is 18.7. The maximum absolute atomic E-state index is 12.7. The first kappa shape index (κ1) is 22.4. The first-order valence-electron chi connectivity index (χ1n) is 10.4. The fourth-order valence-electron chi connectivity index (χ4n) is 3.83. The lowest BCUT2D eigenvalue weighted by molar-refractivity contribution is -0.127. The Hall–Kier alpha value is -2.31. The van der Waals surface area contributed by atoms with Gasteiger partial charge < -0.3 is 19.3 Å². The molecule has 1 aliphatic rings. The van der Waals surface area contributed by atoms with Crippen LogP contribution in [0.25, 0.3) is 6.08 Å². The molecule has 162 valence electrons. The van der Waals surface area contributed by atoms with Crippen LogP contribution in [0, 0.1) is 13.8 Å². The highest BCUT2D eigenvalue weighted by molar-refractivity contribution is 7.12. The van der Waals surface area contributed by atoms with E-state index in [-0.39, 0.29) is 5.91 Å². The standard InChI is InChI=1S/C24H32N2O3S/c1-17-13-19(18(2)30-17)7-11-25(3)9-6-10-26-12-8-20-14-22(28-4)23(29-5)15-21(20)16-24(26)27/h8,12-15H,6-7,9-11,16H2,1-5H3. The second kappa shape index (κ2) is 10.1. The average Bonchev–Trinajstić information content (AvgIpc) is 2.96. The number of hydrogen-bond acceptors (Lipinski definition) is 5. The molecule has 1 aromatic carbocycles. The number of nitrogens with zero attached hydrogens (tertiary/aromatic N) is 2. The zero-order valence-corrected chi connectivity index (χ0v) is 19.5. The van der Waals surface area contributed by atoms with Crippen LogP contribution >= 0.6 is 11.3 Å². The summed E-state index contributed by atoms with van der Waals surface area (Å²) in [4.78, 5) is 19.7. The van der Waals surface area contributed by atoms with Gasteiger partial charge in [-0.15, -0.1) is 11.3 Å². The van der Waals surface area contributed by atoms with Crippen LogP contribution in [-0.4, -0.2) is 56.6 Å². The molecule has 2 heterocycles. The molecule has 0 radical (unpaired) electrons. The van der Waals surface area contributed by atoms with Gasteiger partial charge in [0, 0.05) is 29.0 Å². The van der Waals surface area contributed by atoms with Crippen molar-refractivity contribution in [3.63, 3.8) is 0 Å². The molecule has 0 saturated carbocycles. The molecular weight excluding hydrogens is 396 g/mol. The molecule has 5 nitrogen and oxygen atoms in total. The maximum Gasteiger partial charge on any atom is 0.230 e. The lowest BCUT2D eigenvalue weighted by Gasteiger charge is -2.20. The quantitative estimate of drug-likeness (QED) is 0.597. The fourth-order valence-corrected chi connectivity index (χ4v) is 4.80. The lowest BCUT2D eigenvalue weighted by atomic mass is 10.0. The van der Waals surface area contributed by atoms with Crippen LogP contribution in [0.1, 0.15) is 32.9 Å².